The van der Waals surface area contributed by atoms with E-state index in [1.54, 1.807) is 18.0 Å². The molecule has 134 valence electrons. The summed E-state index contributed by atoms with van der Waals surface area (Å²) in [5.74, 6) is 0.0704. The van der Waals surface area contributed by atoms with Gasteiger partial charge in [0.25, 0.3) is 6.01 Å². The van der Waals surface area contributed by atoms with Crippen molar-refractivity contribution in [3.63, 3.8) is 0 Å². The molecule has 0 spiro atoms. The van der Waals surface area contributed by atoms with Gasteiger partial charge in [-0.1, -0.05) is 31.5 Å². The summed E-state index contributed by atoms with van der Waals surface area (Å²) in [5.41, 5.74) is 3.22. The summed E-state index contributed by atoms with van der Waals surface area (Å²) < 4.78 is 1.85. The van der Waals surface area contributed by atoms with Crippen LogP contribution in [-0.2, 0) is 4.79 Å². The van der Waals surface area contributed by atoms with Crippen LogP contribution in [0.15, 0.2) is 12.3 Å². The number of amides is 1. The zero-order valence-corrected chi connectivity index (χ0v) is 15.5. The van der Waals surface area contributed by atoms with Crippen molar-refractivity contribution in [2.75, 3.05) is 13.1 Å². The molecule has 1 N–H and O–H groups in total. The Kier molecular flexibility index (Phi) is 4.99. The molecule has 0 saturated carbocycles. The number of imidazole rings is 1. The molecular formula is C18H23ClN4O2. The van der Waals surface area contributed by atoms with E-state index in [1.807, 2.05) is 10.6 Å². The predicted molar refractivity (Wildman–Crippen MR) is 98.7 cm³/mol. The number of halogens is 1. The summed E-state index contributed by atoms with van der Waals surface area (Å²) in [5, 5.41) is 10.9. The van der Waals surface area contributed by atoms with Crippen LogP contribution in [0.1, 0.15) is 51.6 Å². The summed E-state index contributed by atoms with van der Waals surface area (Å²) in [6, 6.07) is 0.100. The molecule has 2 aromatic heterocycles. The zero-order valence-electron chi connectivity index (χ0n) is 14.8. The maximum atomic E-state index is 11.6. The van der Waals surface area contributed by atoms with Crippen LogP contribution in [0, 0.1) is 0 Å². The van der Waals surface area contributed by atoms with Gasteiger partial charge in [0.15, 0.2) is 5.65 Å². The second kappa shape index (κ2) is 7.04. The first kappa shape index (κ1) is 17.7. The molecule has 3 heterocycles. The molecule has 6 nitrogen and oxygen atoms in total. The van der Waals surface area contributed by atoms with E-state index in [9.17, 15) is 9.90 Å². The third kappa shape index (κ3) is 3.11. The van der Waals surface area contributed by atoms with E-state index in [2.05, 4.69) is 23.8 Å². The lowest BCUT2D eigenvalue weighted by Gasteiger charge is -2.26. The largest absolute Gasteiger partial charge is 0.480 e. The van der Waals surface area contributed by atoms with Crippen LogP contribution in [0.5, 0.6) is 6.01 Å². The van der Waals surface area contributed by atoms with Gasteiger partial charge in [0, 0.05) is 37.8 Å². The van der Waals surface area contributed by atoms with Crippen LogP contribution >= 0.6 is 11.6 Å². The highest BCUT2D eigenvalue weighted by Gasteiger charge is 2.25. The van der Waals surface area contributed by atoms with E-state index in [4.69, 9.17) is 11.6 Å². The van der Waals surface area contributed by atoms with Crippen molar-refractivity contribution in [1.29, 1.82) is 0 Å². The number of pyridine rings is 1. The highest BCUT2D eigenvalue weighted by atomic mass is 35.5. The minimum absolute atomic E-state index is 0.0264. The molecule has 3 rings (SSSR count). The van der Waals surface area contributed by atoms with E-state index in [0.29, 0.717) is 30.2 Å². The molecular weight excluding hydrogens is 340 g/mol. The Morgan fingerprint density at radius 1 is 1.40 bits per heavy atom. The Morgan fingerprint density at radius 3 is 2.68 bits per heavy atom. The van der Waals surface area contributed by atoms with Crippen LogP contribution in [0.25, 0.3) is 16.7 Å². The SMILES string of the molecule is CCC(CC)n1c(O)nc2ncc(Cl)c(C3=CCN(C(C)=O)CC3)c21. The smallest absolute Gasteiger partial charge is 0.296 e. The number of nitrogens with zero attached hydrogens (tertiary/aromatic N) is 4. The van der Waals surface area contributed by atoms with Crippen molar-refractivity contribution in [3.8, 4) is 6.01 Å². The molecule has 25 heavy (non-hydrogen) atoms. The van der Waals surface area contributed by atoms with Gasteiger partial charge in [-0.25, -0.2) is 4.98 Å². The van der Waals surface area contributed by atoms with Crippen LogP contribution in [0.3, 0.4) is 0 Å². The van der Waals surface area contributed by atoms with Crippen molar-refractivity contribution in [1.82, 2.24) is 19.4 Å². The zero-order chi connectivity index (χ0) is 18.1. The molecule has 0 atom stereocenters. The third-order valence-electron chi connectivity index (χ3n) is 4.93. The Morgan fingerprint density at radius 2 is 2.12 bits per heavy atom. The summed E-state index contributed by atoms with van der Waals surface area (Å²) in [6.45, 7) is 6.97. The fourth-order valence-electron chi connectivity index (χ4n) is 3.51. The summed E-state index contributed by atoms with van der Waals surface area (Å²) in [4.78, 5) is 21.9. The molecule has 0 fully saturated rings. The van der Waals surface area contributed by atoms with Gasteiger partial charge in [-0.3, -0.25) is 9.36 Å². The molecule has 0 aromatic carbocycles. The quantitative estimate of drug-likeness (QED) is 0.898. The third-order valence-corrected chi connectivity index (χ3v) is 5.22. The molecule has 1 amide bonds. The van der Waals surface area contributed by atoms with Crippen LogP contribution in [-0.4, -0.2) is 43.5 Å². The second-order valence-electron chi connectivity index (χ2n) is 6.35. The average Bonchev–Trinajstić information content (AvgIpc) is 2.93. The van der Waals surface area contributed by atoms with Gasteiger partial charge in [-0.15, -0.1) is 0 Å². The van der Waals surface area contributed by atoms with Gasteiger partial charge in [0.05, 0.1) is 10.5 Å². The van der Waals surface area contributed by atoms with E-state index in [1.165, 1.54) is 0 Å². The first-order valence-electron chi connectivity index (χ1n) is 8.68. The molecule has 1 aliphatic rings. The molecule has 0 bridgehead atoms. The molecule has 2 aromatic rings. The number of hydrogen-bond acceptors (Lipinski definition) is 4. The maximum absolute atomic E-state index is 11.6. The summed E-state index contributed by atoms with van der Waals surface area (Å²) in [6.07, 6.45) is 6.08. The van der Waals surface area contributed by atoms with Crippen molar-refractivity contribution in [2.24, 2.45) is 0 Å². The molecule has 0 radical (unpaired) electrons. The van der Waals surface area contributed by atoms with Gasteiger partial charge < -0.3 is 10.0 Å². The number of rotatable bonds is 4. The lowest BCUT2D eigenvalue weighted by molar-refractivity contribution is -0.128. The van der Waals surface area contributed by atoms with Crippen molar-refractivity contribution in [2.45, 2.75) is 46.1 Å². The number of aromatic hydroxyl groups is 1. The topological polar surface area (TPSA) is 71.2 Å². The lowest BCUT2D eigenvalue weighted by atomic mass is 9.98. The lowest BCUT2D eigenvalue weighted by Crippen LogP contribution is -2.32. The van der Waals surface area contributed by atoms with Crippen molar-refractivity contribution >= 4 is 34.2 Å². The normalized spacial score (nSPS) is 15.1. The molecule has 1 aliphatic heterocycles. The number of aromatic nitrogens is 3. The van der Waals surface area contributed by atoms with Crippen LogP contribution in [0.2, 0.25) is 5.02 Å². The van der Waals surface area contributed by atoms with E-state index in [0.717, 1.165) is 29.5 Å². The van der Waals surface area contributed by atoms with Crippen molar-refractivity contribution in [3.05, 3.63) is 22.9 Å². The molecule has 0 unspecified atom stereocenters. The van der Waals surface area contributed by atoms with Crippen molar-refractivity contribution < 1.29 is 9.90 Å². The Balaban J connectivity index is 2.18. The van der Waals surface area contributed by atoms with Gasteiger partial charge in [-0.05, 0) is 24.8 Å². The highest BCUT2D eigenvalue weighted by molar-refractivity contribution is 6.33. The van der Waals surface area contributed by atoms with E-state index in [-0.39, 0.29) is 18.0 Å². The first-order valence-corrected chi connectivity index (χ1v) is 9.06. The molecule has 0 aliphatic carbocycles. The Bertz CT molecular complexity index is 839. The number of carbonyl (C=O) groups is 1. The number of fused-ring (bicyclic) bond motifs is 1. The van der Waals surface area contributed by atoms with Gasteiger partial charge in [0.1, 0.15) is 0 Å². The predicted octanol–water partition coefficient (Wildman–Crippen LogP) is 3.79. The highest BCUT2D eigenvalue weighted by Crippen LogP contribution is 2.38. The van der Waals surface area contributed by atoms with E-state index < -0.39 is 0 Å². The molecule has 7 heteroatoms. The monoisotopic (exact) mass is 362 g/mol. The summed E-state index contributed by atoms with van der Waals surface area (Å²) in [7, 11) is 0. The van der Waals surface area contributed by atoms with Crippen LogP contribution in [0.4, 0.5) is 0 Å². The molecule has 0 saturated heterocycles. The fourth-order valence-corrected chi connectivity index (χ4v) is 3.77. The first-order chi connectivity index (χ1) is 12.0. The minimum atomic E-state index is -0.0264. The van der Waals surface area contributed by atoms with E-state index >= 15 is 0 Å². The maximum Gasteiger partial charge on any atom is 0.296 e. The van der Waals surface area contributed by atoms with Gasteiger partial charge in [-0.2, -0.15) is 4.98 Å². The van der Waals surface area contributed by atoms with Gasteiger partial charge >= 0.3 is 0 Å². The number of hydrogen-bond donors (Lipinski definition) is 1. The second-order valence-corrected chi connectivity index (χ2v) is 6.76. The average molecular weight is 363 g/mol. The fraction of sp³-hybridized carbons (Fsp3) is 0.500. The van der Waals surface area contributed by atoms with Crippen LogP contribution < -0.4 is 0 Å². The number of carbonyl (C=O) groups excluding carboxylic acids is 1. The Labute approximate surface area is 152 Å². The van der Waals surface area contributed by atoms with Gasteiger partial charge in [0.2, 0.25) is 5.91 Å². The Hall–Kier alpha value is -2.08. The minimum Gasteiger partial charge on any atom is -0.480 e. The standard InChI is InChI=1S/C18H23ClN4O2/c1-4-13(5-2)23-16-15(12-6-8-22(9-7-12)11(3)24)14(19)10-20-17(16)21-18(23)25/h6,10,13H,4-5,7-9H2,1-3H3,(H,20,21,25). The summed E-state index contributed by atoms with van der Waals surface area (Å²) >= 11 is 6.50.